The summed E-state index contributed by atoms with van der Waals surface area (Å²) in [5.41, 5.74) is 8.50. The second kappa shape index (κ2) is 5.28. The maximum absolute atomic E-state index is 11.1. The fourth-order valence-corrected chi connectivity index (χ4v) is 3.10. The molecule has 2 N–H and O–H groups in total. The summed E-state index contributed by atoms with van der Waals surface area (Å²) in [7, 11) is -2.87. The molecule has 0 amide bonds. The molecular formula is C13H20N2O2S. The quantitative estimate of drug-likeness (QED) is 0.878. The van der Waals surface area contributed by atoms with Gasteiger partial charge in [0.05, 0.1) is 5.75 Å². The standard InChI is InChI=1S/C13H20N2O2S/c1-18(16,17)8-4-7-15-10-12(14)9-11-5-2-3-6-13(11)15/h2-3,5-6,12H,4,7-10,14H2,1H3. The Morgan fingerprint density at radius 2 is 2.11 bits per heavy atom. The zero-order chi connectivity index (χ0) is 13.2. The summed E-state index contributed by atoms with van der Waals surface area (Å²) in [6, 6.07) is 8.35. The SMILES string of the molecule is CS(=O)(=O)CCCN1CC(N)Cc2ccccc21. The number of nitrogens with two attached hydrogens (primary N) is 1. The van der Waals surface area contributed by atoms with Crippen molar-refractivity contribution >= 4 is 15.5 Å². The van der Waals surface area contributed by atoms with Gasteiger partial charge in [-0.2, -0.15) is 0 Å². The van der Waals surface area contributed by atoms with Crippen LogP contribution in [0.1, 0.15) is 12.0 Å². The monoisotopic (exact) mass is 268 g/mol. The van der Waals surface area contributed by atoms with Gasteiger partial charge in [-0.25, -0.2) is 8.42 Å². The molecule has 1 aromatic carbocycles. The van der Waals surface area contributed by atoms with Crippen molar-refractivity contribution in [2.24, 2.45) is 5.73 Å². The molecule has 4 nitrogen and oxygen atoms in total. The molecule has 0 bridgehead atoms. The smallest absolute Gasteiger partial charge is 0.147 e. The van der Waals surface area contributed by atoms with Crippen LogP contribution in [0, 0.1) is 0 Å². The number of hydrogen-bond donors (Lipinski definition) is 1. The Morgan fingerprint density at radius 3 is 2.83 bits per heavy atom. The highest BCUT2D eigenvalue weighted by Crippen LogP contribution is 2.26. The van der Waals surface area contributed by atoms with Crippen molar-refractivity contribution in [1.29, 1.82) is 0 Å². The maximum atomic E-state index is 11.1. The number of fused-ring (bicyclic) bond motifs is 1. The normalized spacial score (nSPS) is 19.7. The predicted molar refractivity (Wildman–Crippen MR) is 74.7 cm³/mol. The second-order valence-electron chi connectivity index (χ2n) is 5.02. The minimum atomic E-state index is -2.87. The van der Waals surface area contributed by atoms with E-state index in [0.717, 1.165) is 19.5 Å². The van der Waals surface area contributed by atoms with E-state index in [0.29, 0.717) is 6.42 Å². The summed E-state index contributed by atoms with van der Waals surface area (Å²) in [5.74, 6) is 0.237. The first-order chi connectivity index (χ1) is 8.46. The first kappa shape index (κ1) is 13.4. The number of nitrogens with zero attached hydrogens (tertiary/aromatic N) is 1. The lowest BCUT2D eigenvalue weighted by Gasteiger charge is -2.34. The lowest BCUT2D eigenvalue weighted by Crippen LogP contribution is -2.43. The Balaban J connectivity index is 2.05. The molecule has 2 rings (SSSR count). The Morgan fingerprint density at radius 1 is 1.39 bits per heavy atom. The fourth-order valence-electron chi connectivity index (χ4n) is 2.45. The number of anilines is 1. The van der Waals surface area contributed by atoms with Gasteiger partial charge >= 0.3 is 0 Å². The van der Waals surface area contributed by atoms with Crippen LogP contribution in [0.3, 0.4) is 0 Å². The van der Waals surface area contributed by atoms with E-state index < -0.39 is 9.84 Å². The lowest BCUT2D eigenvalue weighted by molar-refractivity contribution is 0.585. The van der Waals surface area contributed by atoms with Crippen LogP contribution in [0.2, 0.25) is 0 Å². The number of benzene rings is 1. The Labute approximate surface area is 109 Å². The first-order valence-corrected chi connectivity index (χ1v) is 8.28. The second-order valence-corrected chi connectivity index (χ2v) is 7.28. The van der Waals surface area contributed by atoms with E-state index in [1.54, 1.807) is 0 Å². The summed E-state index contributed by atoms with van der Waals surface area (Å²) >= 11 is 0. The van der Waals surface area contributed by atoms with Crippen LogP contribution in [0.5, 0.6) is 0 Å². The highest BCUT2D eigenvalue weighted by atomic mass is 32.2. The molecule has 0 saturated carbocycles. The summed E-state index contributed by atoms with van der Waals surface area (Å²) in [5, 5.41) is 0. The molecule has 100 valence electrons. The van der Waals surface area contributed by atoms with Gasteiger partial charge in [0.25, 0.3) is 0 Å². The molecule has 0 spiro atoms. The molecule has 1 unspecified atom stereocenters. The Hall–Kier alpha value is -1.07. The zero-order valence-electron chi connectivity index (χ0n) is 10.7. The van der Waals surface area contributed by atoms with Gasteiger partial charge in [-0.3, -0.25) is 0 Å². The highest BCUT2D eigenvalue weighted by Gasteiger charge is 2.21. The van der Waals surface area contributed by atoms with E-state index in [1.165, 1.54) is 17.5 Å². The number of hydrogen-bond acceptors (Lipinski definition) is 4. The fraction of sp³-hybridized carbons (Fsp3) is 0.538. The van der Waals surface area contributed by atoms with E-state index in [-0.39, 0.29) is 11.8 Å². The van der Waals surface area contributed by atoms with Gasteiger partial charge in [-0.05, 0) is 24.5 Å². The minimum Gasteiger partial charge on any atom is -0.370 e. The van der Waals surface area contributed by atoms with Crippen molar-refractivity contribution in [1.82, 2.24) is 0 Å². The van der Waals surface area contributed by atoms with Gasteiger partial charge < -0.3 is 10.6 Å². The molecule has 1 aliphatic heterocycles. The summed E-state index contributed by atoms with van der Waals surface area (Å²) < 4.78 is 22.3. The van der Waals surface area contributed by atoms with Crippen LogP contribution in [0.4, 0.5) is 5.69 Å². The highest BCUT2D eigenvalue weighted by molar-refractivity contribution is 7.90. The van der Waals surface area contributed by atoms with Crippen LogP contribution in [-0.4, -0.2) is 39.6 Å². The number of rotatable bonds is 4. The van der Waals surface area contributed by atoms with Gasteiger partial charge in [0.1, 0.15) is 9.84 Å². The van der Waals surface area contributed by atoms with Gasteiger partial charge in [0.2, 0.25) is 0 Å². The maximum Gasteiger partial charge on any atom is 0.147 e. The third-order valence-electron chi connectivity index (χ3n) is 3.21. The molecule has 0 radical (unpaired) electrons. The molecule has 1 aliphatic rings. The van der Waals surface area contributed by atoms with Crippen molar-refractivity contribution in [2.75, 3.05) is 30.0 Å². The van der Waals surface area contributed by atoms with E-state index in [1.807, 2.05) is 12.1 Å². The first-order valence-electron chi connectivity index (χ1n) is 6.22. The molecular weight excluding hydrogens is 248 g/mol. The van der Waals surface area contributed by atoms with Gasteiger partial charge in [0, 0.05) is 31.1 Å². The molecule has 0 saturated heterocycles. The average Bonchev–Trinajstić information content (AvgIpc) is 2.27. The molecule has 18 heavy (non-hydrogen) atoms. The van der Waals surface area contributed by atoms with Gasteiger partial charge in [-0.1, -0.05) is 18.2 Å². The average molecular weight is 268 g/mol. The molecule has 0 aromatic heterocycles. The van der Waals surface area contributed by atoms with Crippen LogP contribution in [-0.2, 0) is 16.3 Å². The molecule has 1 aromatic rings. The summed E-state index contributed by atoms with van der Waals surface area (Å²) in [4.78, 5) is 2.20. The molecule has 0 aliphatic carbocycles. The lowest BCUT2D eigenvalue weighted by atomic mass is 9.98. The van der Waals surface area contributed by atoms with Crippen LogP contribution in [0.15, 0.2) is 24.3 Å². The largest absolute Gasteiger partial charge is 0.370 e. The van der Waals surface area contributed by atoms with Gasteiger partial charge in [0.15, 0.2) is 0 Å². The topological polar surface area (TPSA) is 63.4 Å². The molecule has 5 heteroatoms. The Kier molecular flexibility index (Phi) is 3.92. The van der Waals surface area contributed by atoms with Crippen LogP contribution in [0.25, 0.3) is 0 Å². The zero-order valence-corrected chi connectivity index (χ0v) is 11.5. The van der Waals surface area contributed by atoms with Crippen molar-refractivity contribution in [2.45, 2.75) is 18.9 Å². The van der Waals surface area contributed by atoms with Crippen molar-refractivity contribution in [3.63, 3.8) is 0 Å². The third kappa shape index (κ3) is 3.46. The van der Waals surface area contributed by atoms with E-state index in [4.69, 9.17) is 5.73 Å². The van der Waals surface area contributed by atoms with Crippen LogP contribution >= 0.6 is 0 Å². The Bertz CT molecular complexity index is 513. The molecule has 1 heterocycles. The van der Waals surface area contributed by atoms with Crippen molar-refractivity contribution < 1.29 is 8.42 Å². The van der Waals surface area contributed by atoms with Crippen molar-refractivity contribution in [3.05, 3.63) is 29.8 Å². The van der Waals surface area contributed by atoms with Crippen LogP contribution < -0.4 is 10.6 Å². The molecule has 0 fully saturated rings. The summed E-state index contributed by atoms with van der Waals surface area (Å²) in [6.45, 7) is 1.55. The summed E-state index contributed by atoms with van der Waals surface area (Å²) in [6.07, 6.45) is 2.83. The minimum absolute atomic E-state index is 0.137. The van der Waals surface area contributed by atoms with E-state index >= 15 is 0 Å². The molecule has 1 atom stereocenters. The third-order valence-corrected chi connectivity index (χ3v) is 4.24. The van der Waals surface area contributed by atoms with Gasteiger partial charge in [-0.15, -0.1) is 0 Å². The number of para-hydroxylation sites is 1. The predicted octanol–water partition coefficient (Wildman–Crippen LogP) is 0.811. The van der Waals surface area contributed by atoms with E-state index in [2.05, 4.69) is 17.0 Å². The number of sulfone groups is 1. The van der Waals surface area contributed by atoms with E-state index in [9.17, 15) is 8.42 Å². The van der Waals surface area contributed by atoms with Crippen molar-refractivity contribution in [3.8, 4) is 0 Å².